The van der Waals surface area contributed by atoms with Crippen molar-refractivity contribution >= 4 is 5.69 Å². The van der Waals surface area contributed by atoms with Crippen LogP contribution in [0.25, 0.3) is 0 Å². The van der Waals surface area contributed by atoms with E-state index in [1.165, 1.54) is 12.1 Å². The minimum absolute atomic E-state index is 0.0425. The second-order valence-electron chi connectivity index (χ2n) is 3.85. The van der Waals surface area contributed by atoms with E-state index in [1.807, 2.05) is 6.07 Å². The Kier molecular flexibility index (Phi) is 3.74. The Morgan fingerprint density at radius 2 is 1.95 bits per heavy atom. The summed E-state index contributed by atoms with van der Waals surface area (Å²) in [7, 11) is 0. The van der Waals surface area contributed by atoms with Gasteiger partial charge >= 0.3 is 0 Å². The normalized spacial score (nSPS) is 9.63. The summed E-state index contributed by atoms with van der Waals surface area (Å²) in [4.78, 5) is 10.2. The summed E-state index contributed by atoms with van der Waals surface area (Å²) >= 11 is 0. The van der Waals surface area contributed by atoms with Gasteiger partial charge in [0.25, 0.3) is 5.69 Å². The van der Waals surface area contributed by atoms with Gasteiger partial charge in [-0.15, -0.1) is 0 Å². The SMILES string of the molecule is N#Cc1ccc(OCc2cccc([N+](=O)[O-])c2)cc1. The van der Waals surface area contributed by atoms with Crippen LogP contribution in [0.5, 0.6) is 5.75 Å². The van der Waals surface area contributed by atoms with E-state index in [-0.39, 0.29) is 12.3 Å². The van der Waals surface area contributed by atoms with Gasteiger partial charge < -0.3 is 4.74 Å². The molecule has 0 aliphatic rings. The van der Waals surface area contributed by atoms with Crippen molar-refractivity contribution in [2.75, 3.05) is 0 Å². The number of nitrogens with zero attached hydrogens (tertiary/aromatic N) is 2. The third kappa shape index (κ3) is 3.30. The summed E-state index contributed by atoms with van der Waals surface area (Å²) in [5.74, 6) is 0.616. The first kappa shape index (κ1) is 12.6. The molecule has 0 bridgehead atoms. The topological polar surface area (TPSA) is 76.2 Å². The first-order valence-electron chi connectivity index (χ1n) is 5.55. The fourth-order valence-corrected chi connectivity index (χ4v) is 1.55. The fourth-order valence-electron chi connectivity index (χ4n) is 1.55. The molecule has 0 fully saturated rings. The van der Waals surface area contributed by atoms with Gasteiger partial charge in [0.2, 0.25) is 0 Å². The summed E-state index contributed by atoms with van der Waals surface area (Å²) < 4.78 is 5.49. The predicted molar refractivity (Wildman–Crippen MR) is 68.6 cm³/mol. The van der Waals surface area contributed by atoms with Gasteiger partial charge in [-0.05, 0) is 29.8 Å². The van der Waals surface area contributed by atoms with Crippen LogP contribution in [-0.2, 0) is 6.61 Å². The largest absolute Gasteiger partial charge is 0.489 e. The van der Waals surface area contributed by atoms with E-state index >= 15 is 0 Å². The van der Waals surface area contributed by atoms with E-state index in [2.05, 4.69) is 0 Å². The number of nitriles is 1. The van der Waals surface area contributed by atoms with Gasteiger partial charge in [0, 0.05) is 12.1 Å². The minimum atomic E-state index is -0.439. The third-order valence-electron chi connectivity index (χ3n) is 2.51. The molecule has 2 aromatic rings. The van der Waals surface area contributed by atoms with E-state index in [9.17, 15) is 10.1 Å². The van der Waals surface area contributed by atoms with Crippen molar-refractivity contribution < 1.29 is 9.66 Å². The maximum Gasteiger partial charge on any atom is 0.269 e. The average molecular weight is 254 g/mol. The summed E-state index contributed by atoms with van der Waals surface area (Å²) in [6.07, 6.45) is 0. The van der Waals surface area contributed by atoms with Crippen molar-refractivity contribution in [1.29, 1.82) is 5.26 Å². The molecule has 0 heterocycles. The quantitative estimate of drug-likeness (QED) is 0.620. The molecule has 0 saturated carbocycles. The second-order valence-corrected chi connectivity index (χ2v) is 3.85. The number of benzene rings is 2. The lowest BCUT2D eigenvalue weighted by atomic mass is 10.2. The van der Waals surface area contributed by atoms with Gasteiger partial charge in [-0.2, -0.15) is 5.26 Å². The monoisotopic (exact) mass is 254 g/mol. The number of nitro benzene ring substituents is 1. The molecule has 0 saturated heterocycles. The van der Waals surface area contributed by atoms with Gasteiger partial charge in [-0.3, -0.25) is 10.1 Å². The van der Waals surface area contributed by atoms with Crippen LogP contribution in [-0.4, -0.2) is 4.92 Å². The van der Waals surface area contributed by atoms with Crippen molar-refractivity contribution in [3.05, 3.63) is 69.8 Å². The average Bonchev–Trinajstić information content (AvgIpc) is 2.46. The highest BCUT2D eigenvalue weighted by Gasteiger charge is 2.05. The molecule has 0 aliphatic carbocycles. The molecular weight excluding hydrogens is 244 g/mol. The Bertz CT molecular complexity index is 630. The number of hydrogen-bond acceptors (Lipinski definition) is 4. The van der Waals surface area contributed by atoms with Crippen LogP contribution in [0, 0.1) is 21.4 Å². The Morgan fingerprint density at radius 3 is 2.58 bits per heavy atom. The molecule has 0 radical (unpaired) electrons. The van der Waals surface area contributed by atoms with Crippen LogP contribution in [0.15, 0.2) is 48.5 Å². The first-order chi connectivity index (χ1) is 9.19. The van der Waals surface area contributed by atoms with Gasteiger partial charge in [-0.1, -0.05) is 12.1 Å². The Hall–Kier alpha value is -2.87. The number of ether oxygens (including phenoxy) is 1. The molecule has 0 unspecified atom stereocenters. The first-order valence-corrected chi connectivity index (χ1v) is 5.55. The maximum absolute atomic E-state index is 10.6. The lowest BCUT2D eigenvalue weighted by molar-refractivity contribution is -0.384. The number of non-ortho nitro benzene ring substituents is 1. The summed E-state index contributed by atoms with van der Waals surface area (Å²) in [5, 5.41) is 19.3. The lowest BCUT2D eigenvalue weighted by Gasteiger charge is -2.06. The predicted octanol–water partition coefficient (Wildman–Crippen LogP) is 3.05. The second kappa shape index (κ2) is 5.65. The number of hydrogen-bond donors (Lipinski definition) is 0. The van der Waals surface area contributed by atoms with Crippen molar-refractivity contribution in [1.82, 2.24) is 0 Å². The fraction of sp³-hybridized carbons (Fsp3) is 0.0714. The van der Waals surface area contributed by atoms with Gasteiger partial charge in [0.05, 0.1) is 16.6 Å². The molecule has 0 spiro atoms. The van der Waals surface area contributed by atoms with Crippen LogP contribution in [0.3, 0.4) is 0 Å². The van der Waals surface area contributed by atoms with Gasteiger partial charge in [0.15, 0.2) is 0 Å². The zero-order valence-corrected chi connectivity index (χ0v) is 9.95. The maximum atomic E-state index is 10.6. The van der Waals surface area contributed by atoms with Crippen molar-refractivity contribution in [3.8, 4) is 11.8 Å². The Labute approximate surface area is 109 Å². The molecule has 0 aliphatic heterocycles. The van der Waals surface area contributed by atoms with Crippen molar-refractivity contribution in [2.45, 2.75) is 6.61 Å². The number of nitro groups is 1. The number of rotatable bonds is 4. The molecule has 0 aromatic heterocycles. The van der Waals surface area contributed by atoms with E-state index in [0.29, 0.717) is 11.3 Å². The molecule has 2 aromatic carbocycles. The van der Waals surface area contributed by atoms with E-state index in [1.54, 1.807) is 36.4 Å². The highest BCUT2D eigenvalue weighted by molar-refractivity contribution is 5.36. The van der Waals surface area contributed by atoms with E-state index in [0.717, 1.165) is 5.56 Å². The summed E-state index contributed by atoms with van der Waals surface area (Å²) in [6.45, 7) is 0.244. The van der Waals surface area contributed by atoms with Crippen LogP contribution >= 0.6 is 0 Å². The Balaban J connectivity index is 2.03. The molecule has 19 heavy (non-hydrogen) atoms. The molecule has 0 N–H and O–H groups in total. The zero-order chi connectivity index (χ0) is 13.7. The molecule has 94 valence electrons. The molecule has 5 heteroatoms. The van der Waals surface area contributed by atoms with Crippen molar-refractivity contribution in [2.24, 2.45) is 0 Å². The smallest absolute Gasteiger partial charge is 0.269 e. The molecule has 0 atom stereocenters. The van der Waals surface area contributed by atoms with E-state index < -0.39 is 4.92 Å². The van der Waals surface area contributed by atoms with Crippen LogP contribution in [0.2, 0.25) is 0 Å². The molecule has 2 rings (SSSR count). The van der Waals surface area contributed by atoms with Gasteiger partial charge in [-0.25, -0.2) is 0 Å². The van der Waals surface area contributed by atoms with E-state index in [4.69, 9.17) is 10.00 Å². The van der Waals surface area contributed by atoms with Crippen molar-refractivity contribution in [3.63, 3.8) is 0 Å². The standard InChI is InChI=1S/C14H10N2O3/c15-9-11-4-6-14(7-5-11)19-10-12-2-1-3-13(8-12)16(17)18/h1-8H,10H2. The van der Waals surface area contributed by atoms with Gasteiger partial charge in [0.1, 0.15) is 12.4 Å². The highest BCUT2D eigenvalue weighted by atomic mass is 16.6. The molecular formula is C14H10N2O3. The third-order valence-corrected chi connectivity index (χ3v) is 2.51. The lowest BCUT2D eigenvalue weighted by Crippen LogP contribution is -1.96. The zero-order valence-electron chi connectivity index (χ0n) is 9.95. The van der Waals surface area contributed by atoms with Crippen LogP contribution < -0.4 is 4.74 Å². The summed E-state index contributed by atoms with van der Waals surface area (Å²) in [6, 6.07) is 15.0. The van der Waals surface area contributed by atoms with Crippen LogP contribution in [0.1, 0.15) is 11.1 Å². The van der Waals surface area contributed by atoms with Crippen LogP contribution in [0.4, 0.5) is 5.69 Å². The summed E-state index contributed by atoms with van der Waals surface area (Å²) in [5.41, 5.74) is 1.32. The molecule has 5 nitrogen and oxygen atoms in total. The Morgan fingerprint density at radius 1 is 1.21 bits per heavy atom. The molecule has 0 amide bonds. The highest BCUT2D eigenvalue weighted by Crippen LogP contribution is 2.17. The minimum Gasteiger partial charge on any atom is -0.489 e.